The zero-order chi connectivity index (χ0) is 33.4. The van der Waals surface area contributed by atoms with Crippen LogP contribution in [0, 0.1) is 5.92 Å². The minimum atomic E-state index is -1.61. The van der Waals surface area contributed by atoms with E-state index in [1.165, 1.54) is 0 Å². The van der Waals surface area contributed by atoms with Crippen LogP contribution in [0.15, 0.2) is 40.3 Å². The summed E-state index contributed by atoms with van der Waals surface area (Å²) >= 11 is 0. The van der Waals surface area contributed by atoms with Crippen LogP contribution >= 0.6 is 0 Å². The molecule has 0 bridgehead atoms. The van der Waals surface area contributed by atoms with Crippen LogP contribution in [-0.4, -0.2) is 57.0 Å². The monoisotopic (exact) mass is 632 g/mol. The molecule has 0 saturated heterocycles. The Kier molecular flexibility index (Phi) is 9.03. The number of nitrogens with zero attached hydrogens (tertiary/aromatic N) is 3. The quantitative estimate of drug-likeness (QED) is 0.140. The molecular formula is C34H40N4O8. The van der Waals surface area contributed by atoms with Gasteiger partial charge in [0.2, 0.25) is 5.91 Å². The highest BCUT2D eigenvalue weighted by Crippen LogP contribution is 2.42. The van der Waals surface area contributed by atoms with Gasteiger partial charge in [0, 0.05) is 28.5 Å². The molecule has 2 aliphatic rings. The van der Waals surface area contributed by atoms with Crippen molar-refractivity contribution in [2.24, 2.45) is 11.1 Å². The lowest BCUT2D eigenvalue weighted by Gasteiger charge is -2.37. The number of esters is 1. The van der Waals surface area contributed by atoms with E-state index in [-0.39, 0.29) is 50.5 Å². The van der Waals surface area contributed by atoms with Crippen LogP contribution in [0.5, 0.6) is 0 Å². The van der Waals surface area contributed by atoms with E-state index < -0.39 is 35.1 Å². The van der Waals surface area contributed by atoms with Gasteiger partial charge in [-0.05, 0) is 45.2 Å². The predicted octanol–water partition coefficient (Wildman–Crippen LogP) is 4.26. The number of amides is 1. The second-order valence-electron chi connectivity index (χ2n) is 13.0. The van der Waals surface area contributed by atoms with Crippen LogP contribution in [0.4, 0.5) is 0 Å². The molecule has 4 heterocycles. The van der Waals surface area contributed by atoms with Crippen molar-refractivity contribution in [2.45, 2.75) is 91.2 Å². The lowest BCUT2D eigenvalue weighted by Crippen LogP contribution is -2.50. The zero-order valence-corrected chi connectivity index (χ0v) is 27.0. The Balaban J connectivity index is 1.57. The number of hydrogen-bond acceptors (Lipinski definition) is 9. The summed E-state index contributed by atoms with van der Waals surface area (Å²) in [7, 11) is 0. The maximum absolute atomic E-state index is 14.1. The van der Waals surface area contributed by atoms with Crippen LogP contribution in [-0.2, 0) is 47.4 Å². The van der Waals surface area contributed by atoms with Crippen molar-refractivity contribution in [1.82, 2.24) is 14.9 Å². The molecule has 5 rings (SSSR count). The summed E-state index contributed by atoms with van der Waals surface area (Å²) in [6, 6.07) is 8.93. The third-order valence-corrected chi connectivity index (χ3v) is 8.34. The van der Waals surface area contributed by atoms with E-state index in [4.69, 9.17) is 24.4 Å². The Morgan fingerprint density at radius 3 is 2.61 bits per heavy atom. The Hall–Kier alpha value is -4.58. The summed E-state index contributed by atoms with van der Waals surface area (Å²) in [5.41, 5.74) is 1.79. The van der Waals surface area contributed by atoms with E-state index in [9.17, 15) is 19.2 Å². The first-order chi connectivity index (χ1) is 21.8. The molecule has 12 nitrogen and oxygen atoms in total. The number of ether oxygens (including phenoxy) is 2. The molecule has 1 aromatic carbocycles. The molecule has 3 aromatic rings. The fraction of sp³-hybridized carbons (Fsp3) is 0.471. The molecule has 0 aliphatic carbocycles. The molecule has 0 spiro atoms. The first kappa shape index (κ1) is 32.8. The number of benzene rings is 1. The summed E-state index contributed by atoms with van der Waals surface area (Å²) in [6.07, 6.45) is 1.35. The molecule has 0 fully saturated rings. The summed E-state index contributed by atoms with van der Waals surface area (Å²) < 4.78 is 13.6. The Morgan fingerprint density at radius 1 is 1.20 bits per heavy atom. The average molecular weight is 633 g/mol. The number of nitrogens with one attached hydrogen (secondary N) is 1. The van der Waals surface area contributed by atoms with E-state index in [1.54, 1.807) is 23.8 Å². The van der Waals surface area contributed by atoms with Gasteiger partial charge in [0.15, 0.2) is 5.60 Å². The molecule has 2 atom stereocenters. The minimum absolute atomic E-state index is 0.0643. The highest BCUT2D eigenvalue weighted by Gasteiger charge is 2.48. The van der Waals surface area contributed by atoms with Crippen LogP contribution < -0.4 is 10.9 Å². The number of para-hydroxylation sites is 1. The summed E-state index contributed by atoms with van der Waals surface area (Å²) in [5, 5.41) is 16.9. The molecule has 2 aliphatic heterocycles. The van der Waals surface area contributed by atoms with Gasteiger partial charge in [0.25, 0.3) is 5.56 Å². The summed E-state index contributed by atoms with van der Waals surface area (Å²) in [5.74, 6) is -2.22. The van der Waals surface area contributed by atoms with Crippen molar-refractivity contribution < 1.29 is 33.8 Å². The van der Waals surface area contributed by atoms with Crippen molar-refractivity contribution in [3.05, 3.63) is 62.9 Å². The number of carboxylic acid groups (broad SMARTS) is 1. The number of pyridine rings is 2. The third-order valence-electron chi connectivity index (χ3n) is 8.34. The van der Waals surface area contributed by atoms with E-state index in [2.05, 4.69) is 10.5 Å². The number of oxime groups is 1. The van der Waals surface area contributed by atoms with Crippen molar-refractivity contribution in [2.75, 3.05) is 6.61 Å². The second-order valence-corrected chi connectivity index (χ2v) is 13.0. The molecule has 0 radical (unpaired) electrons. The van der Waals surface area contributed by atoms with E-state index in [1.807, 2.05) is 58.9 Å². The fourth-order valence-corrected chi connectivity index (χ4v) is 5.80. The molecule has 0 saturated carbocycles. The van der Waals surface area contributed by atoms with Gasteiger partial charge in [-0.15, -0.1) is 0 Å². The van der Waals surface area contributed by atoms with Gasteiger partial charge in [-0.2, -0.15) is 0 Å². The van der Waals surface area contributed by atoms with Gasteiger partial charge in [-0.25, -0.2) is 9.78 Å². The number of fused-ring (bicyclic) bond motifs is 5. The molecule has 12 heteroatoms. The molecular weight excluding hydrogens is 592 g/mol. The molecule has 244 valence electrons. The maximum atomic E-state index is 14.1. The first-order valence-corrected chi connectivity index (χ1v) is 15.5. The number of hydrogen-bond donors (Lipinski definition) is 2. The normalized spacial score (nSPS) is 17.8. The van der Waals surface area contributed by atoms with Gasteiger partial charge >= 0.3 is 11.9 Å². The van der Waals surface area contributed by atoms with Crippen LogP contribution in [0.3, 0.4) is 0 Å². The van der Waals surface area contributed by atoms with Crippen molar-refractivity contribution in [3.63, 3.8) is 0 Å². The standard InChI is InChI=1S/C34H40N4O8/c1-7-34(45-18-26(19(2)3)36-28(39)12-13-29(40)41)24-14-27-30-22(16-38(27)31(42)23(24)17-44-32(34)43)21(15-35-46-33(4,5)6)20-10-8-9-11-25(20)37-30/h8-11,14-15,19,26H,7,12-13,16-18H2,1-6H3,(H,36,39)(H,40,41)/b35-15-/t26?,34-/m0/s1. The van der Waals surface area contributed by atoms with Gasteiger partial charge < -0.3 is 29.3 Å². The Bertz CT molecular complexity index is 1790. The largest absolute Gasteiger partial charge is 0.481 e. The van der Waals surface area contributed by atoms with Gasteiger partial charge in [-0.3, -0.25) is 14.4 Å². The highest BCUT2D eigenvalue weighted by molar-refractivity contribution is 6.02. The summed E-state index contributed by atoms with van der Waals surface area (Å²) in [4.78, 5) is 61.6. The van der Waals surface area contributed by atoms with Crippen molar-refractivity contribution in [3.8, 4) is 11.4 Å². The third kappa shape index (κ3) is 6.26. The first-order valence-electron chi connectivity index (χ1n) is 15.5. The second kappa shape index (κ2) is 12.7. The van der Waals surface area contributed by atoms with Crippen LogP contribution in [0.25, 0.3) is 22.3 Å². The topological polar surface area (TPSA) is 158 Å². The predicted molar refractivity (Wildman–Crippen MR) is 170 cm³/mol. The van der Waals surface area contributed by atoms with Crippen LogP contribution in [0.2, 0.25) is 0 Å². The smallest absolute Gasteiger partial charge is 0.343 e. The number of carboxylic acids is 1. The molecule has 2 aromatic heterocycles. The van der Waals surface area contributed by atoms with Gasteiger partial charge in [-0.1, -0.05) is 44.1 Å². The molecule has 2 N–H and O–H groups in total. The van der Waals surface area contributed by atoms with Gasteiger partial charge in [0.05, 0.1) is 54.3 Å². The van der Waals surface area contributed by atoms with Gasteiger partial charge in [0.1, 0.15) is 12.2 Å². The lowest BCUT2D eigenvalue weighted by molar-refractivity contribution is -0.182. The minimum Gasteiger partial charge on any atom is -0.481 e. The number of carbonyl (C=O) groups excluding carboxylic acids is 2. The molecule has 46 heavy (non-hydrogen) atoms. The fourth-order valence-electron chi connectivity index (χ4n) is 5.80. The number of rotatable bonds is 11. The van der Waals surface area contributed by atoms with E-state index >= 15 is 0 Å². The Labute approximate surface area is 266 Å². The zero-order valence-electron chi connectivity index (χ0n) is 27.0. The maximum Gasteiger partial charge on any atom is 0.343 e. The van der Waals surface area contributed by atoms with Crippen molar-refractivity contribution in [1.29, 1.82) is 0 Å². The SMILES string of the molecule is CC[C@@]1(OCC(NC(=O)CCC(=O)O)C(C)C)C(=O)OCc2c1cc1n(c2=O)Cc2c-1nc1ccccc1c2/C=N\OC(C)(C)C. The number of carbonyl (C=O) groups is 3. The summed E-state index contributed by atoms with van der Waals surface area (Å²) in [6.45, 7) is 11.2. The number of cyclic esters (lactones) is 1. The Morgan fingerprint density at radius 2 is 1.93 bits per heavy atom. The van der Waals surface area contributed by atoms with E-state index in [0.29, 0.717) is 28.0 Å². The molecule has 1 amide bonds. The average Bonchev–Trinajstić information content (AvgIpc) is 3.36. The lowest BCUT2D eigenvalue weighted by atomic mass is 9.85. The highest BCUT2D eigenvalue weighted by atomic mass is 16.6. The van der Waals surface area contributed by atoms with Crippen LogP contribution in [0.1, 0.15) is 83.1 Å². The van der Waals surface area contributed by atoms with E-state index in [0.717, 1.165) is 16.5 Å². The number of aromatic nitrogens is 2. The number of aliphatic carboxylic acids is 1. The molecule has 1 unspecified atom stereocenters. The van der Waals surface area contributed by atoms with Crippen molar-refractivity contribution >= 4 is 35.0 Å².